The lowest BCUT2D eigenvalue weighted by atomic mass is 10.2. The van der Waals surface area contributed by atoms with E-state index in [0.717, 1.165) is 24.3 Å². The van der Waals surface area contributed by atoms with Crippen LogP contribution in [-0.2, 0) is 0 Å². The predicted molar refractivity (Wildman–Crippen MR) is 60.2 cm³/mol. The molecule has 1 rings (SSSR count). The standard InChI is InChI=1S/C12H13N3/c1-3-4-5-6-14-12-7-10(2)15-9-11(12)8-13/h7,9H,5-6H2,1-2H3,(H,14,15). The summed E-state index contributed by atoms with van der Waals surface area (Å²) in [5.74, 6) is 5.79. The Morgan fingerprint density at radius 3 is 3.00 bits per heavy atom. The first-order valence-electron chi connectivity index (χ1n) is 4.78. The summed E-state index contributed by atoms with van der Waals surface area (Å²) in [7, 11) is 0. The van der Waals surface area contributed by atoms with E-state index in [-0.39, 0.29) is 0 Å². The molecule has 0 fully saturated rings. The van der Waals surface area contributed by atoms with E-state index in [9.17, 15) is 0 Å². The molecule has 0 aliphatic carbocycles. The topological polar surface area (TPSA) is 48.7 Å². The Kier molecular flexibility index (Phi) is 4.19. The Bertz CT molecular complexity index is 432. The van der Waals surface area contributed by atoms with Crippen molar-refractivity contribution in [1.82, 2.24) is 4.98 Å². The van der Waals surface area contributed by atoms with Crippen LogP contribution in [0.4, 0.5) is 5.69 Å². The molecular weight excluding hydrogens is 186 g/mol. The summed E-state index contributed by atoms with van der Waals surface area (Å²) >= 11 is 0. The van der Waals surface area contributed by atoms with Crippen molar-refractivity contribution in [2.45, 2.75) is 20.3 Å². The molecule has 0 radical (unpaired) electrons. The number of aromatic nitrogens is 1. The van der Waals surface area contributed by atoms with Gasteiger partial charge in [0.1, 0.15) is 6.07 Å². The highest BCUT2D eigenvalue weighted by atomic mass is 14.9. The number of nitriles is 1. The van der Waals surface area contributed by atoms with Crippen LogP contribution in [0.25, 0.3) is 0 Å². The minimum Gasteiger partial charge on any atom is -0.383 e. The maximum atomic E-state index is 8.85. The van der Waals surface area contributed by atoms with Gasteiger partial charge in [-0.2, -0.15) is 5.26 Å². The van der Waals surface area contributed by atoms with Crippen LogP contribution in [0, 0.1) is 30.1 Å². The molecular formula is C12H13N3. The Hall–Kier alpha value is -2.00. The average molecular weight is 199 g/mol. The Labute approximate surface area is 90.1 Å². The zero-order valence-electron chi connectivity index (χ0n) is 8.96. The van der Waals surface area contributed by atoms with E-state index in [0.29, 0.717) is 5.56 Å². The van der Waals surface area contributed by atoms with E-state index in [4.69, 9.17) is 5.26 Å². The van der Waals surface area contributed by atoms with Gasteiger partial charge in [0.2, 0.25) is 0 Å². The summed E-state index contributed by atoms with van der Waals surface area (Å²) in [5, 5.41) is 12.0. The molecule has 0 aliphatic heterocycles. The van der Waals surface area contributed by atoms with Gasteiger partial charge in [-0.05, 0) is 19.9 Å². The van der Waals surface area contributed by atoms with Crippen LogP contribution in [0.5, 0.6) is 0 Å². The molecule has 0 saturated carbocycles. The molecule has 1 aromatic heterocycles. The normalized spacial score (nSPS) is 8.60. The van der Waals surface area contributed by atoms with Gasteiger partial charge in [-0.15, -0.1) is 11.8 Å². The fraction of sp³-hybridized carbons (Fsp3) is 0.333. The molecule has 0 amide bonds. The predicted octanol–water partition coefficient (Wildman–Crippen LogP) is 2.09. The number of aryl methyl sites for hydroxylation is 1. The van der Waals surface area contributed by atoms with Gasteiger partial charge in [-0.25, -0.2) is 0 Å². The summed E-state index contributed by atoms with van der Waals surface area (Å²) in [5.41, 5.74) is 2.31. The van der Waals surface area contributed by atoms with Crippen LogP contribution in [0.15, 0.2) is 12.3 Å². The van der Waals surface area contributed by atoms with Gasteiger partial charge in [0.15, 0.2) is 0 Å². The van der Waals surface area contributed by atoms with Crippen molar-refractivity contribution in [3.05, 3.63) is 23.5 Å². The van der Waals surface area contributed by atoms with Crippen molar-refractivity contribution >= 4 is 5.69 Å². The van der Waals surface area contributed by atoms with E-state index < -0.39 is 0 Å². The summed E-state index contributed by atoms with van der Waals surface area (Å²) in [6, 6.07) is 3.98. The van der Waals surface area contributed by atoms with Crippen molar-refractivity contribution in [1.29, 1.82) is 5.26 Å². The first-order valence-corrected chi connectivity index (χ1v) is 4.78. The van der Waals surface area contributed by atoms with Crippen molar-refractivity contribution in [2.75, 3.05) is 11.9 Å². The lowest BCUT2D eigenvalue weighted by Gasteiger charge is -2.06. The van der Waals surface area contributed by atoms with Gasteiger partial charge < -0.3 is 5.32 Å². The maximum Gasteiger partial charge on any atom is 0.103 e. The van der Waals surface area contributed by atoms with Crippen LogP contribution in [-0.4, -0.2) is 11.5 Å². The smallest absolute Gasteiger partial charge is 0.103 e. The molecule has 1 N–H and O–H groups in total. The molecule has 1 aromatic rings. The number of nitrogens with zero attached hydrogens (tertiary/aromatic N) is 2. The number of rotatable bonds is 3. The van der Waals surface area contributed by atoms with Gasteiger partial charge >= 0.3 is 0 Å². The molecule has 1 heterocycles. The summed E-state index contributed by atoms with van der Waals surface area (Å²) in [6.07, 6.45) is 2.37. The lowest BCUT2D eigenvalue weighted by molar-refractivity contribution is 1.08. The second-order valence-electron chi connectivity index (χ2n) is 3.09. The summed E-state index contributed by atoms with van der Waals surface area (Å²) in [4.78, 5) is 4.06. The monoisotopic (exact) mass is 199 g/mol. The van der Waals surface area contributed by atoms with E-state index in [1.165, 1.54) is 0 Å². The van der Waals surface area contributed by atoms with Crippen molar-refractivity contribution in [3.8, 4) is 17.9 Å². The zero-order valence-corrected chi connectivity index (χ0v) is 8.96. The highest BCUT2D eigenvalue weighted by molar-refractivity contribution is 5.56. The third-order valence-electron chi connectivity index (χ3n) is 1.90. The molecule has 0 atom stereocenters. The number of nitrogens with one attached hydrogen (secondary N) is 1. The molecule has 76 valence electrons. The Morgan fingerprint density at radius 1 is 1.53 bits per heavy atom. The minimum atomic E-state index is 0.574. The second-order valence-corrected chi connectivity index (χ2v) is 3.09. The lowest BCUT2D eigenvalue weighted by Crippen LogP contribution is -2.03. The third kappa shape index (κ3) is 3.32. The van der Waals surface area contributed by atoms with Gasteiger partial charge in [-0.3, -0.25) is 4.98 Å². The number of hydrogen-bond donors (Lipinski definition) is 1. The first kappa shape index (κ1) is 11.1. The van der Waals surface area contributed by atoms with Crippen molar-refractivity contribution < 1.29 is 0 Å². The van der Waals surface area contributed by atoms with Gasteiger partial charge in [0.05, 0.1) is 11.3 Å². The SMILES string of the molecule is CC#CCCNc1cc(C)ncc1C#N. The molecule has 0 saturated heterocycles. The van der Waals surface area contributed by atoms with Crippen molar-refractivity contribution in [2.24, 2.45) is 0 Å². The highest BCUT2D eigenvalue weighted by Crippen LogP contribution is 2.14. The quantitative estimate of drug-likeness (QED) is 0.599. The van der Waals surface area contributed by atoms with Gasteiger partial charge in [0, 0.05) is 24.9 Å². The maximum absolute atomic E-state index is 8.85. The van der Waals surface area contributed by atoms with Crippen LogP contribution in [0.2, 0.25) is 0 Å². The fourth-order valence-corrected chi connectivity index (χ4v) is 1.18. The Balaban J connectivity index is 2.69. The molecule has 0 bridgehead atoms. The molecule has 0 aliphatic rings. The zero-order chi connectivity index (χ0) is 11.1. The van der Waals surface area contributed by atoms with Crippen molar-refractivity contribution in [3.63, 3.8) is 0 Å². The van der Waals surface area contributed by atoms with Gasteiger partial charge in [-0.1, -0.05) is 0 Å². The minimum absolute atomic E-state index is 0.574. The Morgan fingerprint density at radius 2 is 2.33 bits per heavy atom. The molecule has 0 aromatic carbocycles. The molecule has 3 heteroatoms. The largest absolute Gasteiger partial charge is 0.383 e. The van der Waals surface area contributed by atoms with Crippen LogP contribution in [0.3, 0.4) is 0 Å². The van der Waals surface area contributed by atoms with E-state index in [2.05, 4.69) is 28.2 Å². The number of hydrogen-bond acceptors (Lipinski definition) is 3. The summed E-state index contributed by atoms with van der Waals surface area (Å²) < 4.78 is 0. The van der Waals surface area contributed by atoms with E-state index in [1.54, 1.807) is 6.20 Å². The van der Waals surface area contributed by atoms with Crippen LogP contribution >= 0.6 is 0 Å². The molecule has 3 nitrogen and oxygen atoms in total. The highest BCUT2D eigenvalue weighted by Gasteiger charge is 2.01. The molecule has 0 spiro atoms. The van der Waals surface area contributed by atoms with Crippen LogP contribution in [0.1, 0.15) is 24.6 Å². The second kappa shape index (κ2) is 5.67. The first-order chi connectivity index (χ1) is 7.27. The summed E-state index contributed by atoms with van der Waals surface area (Å²) in [6.45, 7) is 4.47. The number of pyridine rings is 1. The molecule has 0 unspecified atom stereocenters. The average Bonchev–Trinajstić information content (AvgIpc) is 2.25. The number of anilines is 1. The third-order valence-corrected chi connectivity index (χ3v) is 1.90. The van der Waals surface area contributed by atoms with Crippen LogP contribution < -0.4 is 5.32 Å². The van der Waals surface area contributed by atoms with E-state index >= 15 is 0 Å². The van der Waals surface area contributed by atoms with Gasteiger partial charge in [0.25, 0.3) is 0 Å². The molecule has 15 heavy (non-hydrogen) atoms. The van der Waals surface area contributed by atoms with E-state index in [1.807, 2.05) is 19.9 Å². The fourth-order valence-electron chi connectivity index (χ4n) is 1.18.